The summed E-state index contributed by atoms with van der Waals surface area (Å²) in [6, 6.07) is 20.2. The summed E-state index contributed by atoms with van der Waals surface area (Å²) in [5.41, 5.74) is 9.85. The molecule has 4 saturated heterocycles. The maximum absolute atomic E-state index is 12.9. The highest BCUT2D eigenvalue weighted by molar-refractivity contribution is 6.99. The molecule has 16 heteroatoms. The van der Waals surface area contributed by atoms with Crippen LogP contribution in [0.3, 0.4) is 0 Å². The lowest BCUT2D eigenvalue weighted by molar-refractivity contribution is -0.357. The number of ether oxygens (including phenoxy) is 9. The highest BCUT2D eigenvalue weighted by Gasteiger charge is 2.55. The van der Waals surface area contributed by atoms with E-state index in [9.17, 15) is 15.1 Å². The Morgan fingerprint density at radius 2 is 1.07 bits per heavy atom. The van der Waals surface area contributed by atoms with Gasteiger partial charge in [-0.15, -0.1) is 0 Å². The second-order valence-corrected chi connectivity index (χ2v) is 25.3. The van der Waals surface area contributed by atoms with Crippen molar-refractivity contribution < 1.29 is 56.6 Å². The molecule has 0 amide bonds. The fourth-order valence-corrected chi connectivity index (χ4v) is 15.5. The van der Waals surface area contributed by atoms with Crippen LogP contribution >= 0.6 is 0 Å². The number of esters is 2. The van der Waals surface area contributed by atoms with E-state index in [0.717, 1.165) is 10.4 Å². The molecule has 4 aliphatic heterocycles. The van der Waals surface area contributed by atoms with Gasteiger partial charge in [-0.2, -0.15) is 0 Å². The van der Waals surface area contributed by atoms with Crippen molar-refractivity contribution in [1.29, 1.82) is 0 Å². The number of azide groups is 1. The topological polar surface area (TPSA) is 175 Å². The number of hydrogen-bond acceptors (Lipinski definition) is 13. The lowest BCUT2D eigenvalue weighted by Crippen LogP contribution is -2.67. The molecule has 6 rings (SSSR count). The van der Waals surface area contributed by atoms with E-state index in [4.69, 9.17) is 47.1 Å². The molecule has 2 aromatic rings. The molecule has 4 aliphatic rings. The van der Waals surface area contributed by atoms with Crippen LogP contribution in [0.1, 0.15) is 110 Å². The first-order chi connectivity index (χ1) is 32.1. The monoisotopic (exact) mass is 966 g/mol. The molecule has 0 saturated carbocycles. The van der Waals surface area contributed by atoms with Gasteiger partial charge in [-0.05, 0) is 65.9 Å². The molecule has 0 bridgehead atoms. The van der Waals surface area contributed by atoms with E-state index >= 15 is 0 Å². The van der Waals surface area contributed by atoms with Crippen LogP contribution in [0.5, 0.6) is 0 Å². The van der Waals surface area contributed by atoms with E-state index in [1.807, 2.05) is 60.6 Å². The third-order valence-corrected chi connectivity index (χ3v) is 20.5. The van der Waals surface area contributed by atoms with Gasteiger partial charge in [0.15, 0.2) is 18.9 Å². The van der Waals surface area contributed by atoms with Crippen molar-refractivity contribution in [3.63, 3.8) is 0 Å². The molecule has 378 valence electrons. The van der Waals surface area contributed by atoms with Gasteiger partial charge in [0.2, 0.25) is 0 Å². The van der Waals surface area contributed by atoms with E-state index in [1.165, 1.54) is 13.8 Å². The minimum absolute atomic E-state index is 0.0685. The Hall–Kier alpha value is -3.41. The van der Waals surface area contributed by atoms with Gasteiger partial charge in [0.25, 0.3) is 8.32 Å². The summed E-state index contributed by atoms with van der Waals surface area (Å²) >= 11 is 0. The Morgan fingerprint density at radius 1 is 0.588 bits per heavy atom. The van der Waals surface area contributed by atoms with Gasteiger partial charge in [0.1, 0.15) is 24.4 Å². The minimum atomic E-state index is -2.94. The Kier molecular flexibility index (Phi) is 18.1. The minimum Gasteiger partial charge on any atom is -0.459 e. The number of hydrogen-bond donors (Lipinski definition) is 0. The highest BCUT2D eigenvalue weighted by Crippen LogP contribution is 2.43. The van der Waals surface area contributed by atoms with Gasteiger partial charge in [-0.1, -0.05) is 135 Å². The molecule has 20 atom stereocenters. The second kappa shape index (κ2) is 22.8. The van der Waals surface area contributed by atoms with Crippen molar-refractivity contribution in [3.05, 3.63) is 71.1 Å². The average molecular weight is 966 g/mol. The zero-order valence-electron chi connectivity index (χ0n) is 43.0. The summed E-state index contributed by atoms with van der Waals surface area (Å²) in [7, 11) is -2.94. The van der Waals surface area contributed by atoms with Crippen LogP contribution in [0, 0.1) is 35.5 Å². The normalized spacial score (nSPS) is 39.0. The van der Waals surface area contributed by atoms with Crippen LogP contribution in [-0.2, 0) is 56.6 Å². The van der Waals surface area contributed by atoms with E-state index in [0.29, 0.717) is 6.42 Å². The Labute approximate surface area is 405 Å². The van der Waals surface area contributed by atoms with Gasteiger partial charge >= 0.3 is 11.9 Å². The third-order valence-electron chi connectivity index (χ3n) is 15.5. The van der Waals surface area contributed by atoms with Gasteiger partial charge in [-0.25, -0.2) is 0 Å². The predicted octanol–water partition coefficient (Wildman–Crippen LogP) is 8.49. The summed E-state index contributed by atoms with van der Waals surface area (Å²) in [5, 5.41) is 6.29. The van der Waals surface area contributed by atoms with Gasteiger partial charge in [-0.3, -0.25) is 9.59 Å². The van der Waals surface area contributed by atoms with Crippen LogP contribution in [-0.4, -0.2) is 113 Å². The van der Waals surface area contributed by atoms with Crippen molar-refractivity contribution in [2.75, 3.05) is 6.61 Å². The molecule has 2 aromatic carbocycles. The fraction of sp³-hybridized carbons (Fsp3) is 0.731. The molecule has 0 spiro atoms. The Balaban J connectivity index is 1.21. The number of nitrogens with zero attached hydrogens (tertiary/aromatic N) is 3. The second-order valence-electron chi connectivity index (χ2n) is 21.0. The number of benzene rings is 2. The van der Waals surface area contributed by atoms with Crippen molar-refractivity contribution in [2.24, 2.45) is 40.6 Å². The molecule has 4 fully saturated rings. The number of rotatable bonds is 15. The van der Waals surface area contributed by atoms with E-state index in [-0.39, 0.29) is 65.5 Å². The van der Waals surface area contributed by atoms with Gasteiger partial charge in [0.05, 0.1) is 49.3 Å². The van der Waals surface area contributed by atoms with Crippen molar-refractivity contribution >= 4 is 30.6 Å². The zero-order valence-corrected chi connectivity index (χ0v) is 44.0. The smallest absolute Gasteiger partial charge is 0.303 e. The third kappa shape index (κ3) is 11.4. The molecule has 0 aliphatic carbocycles. The maximum Gasteiger partial charge on any atom is 0.303 e. The van der Waals surface area contributed by atoms with Crippen molar-refractivity contribution in [1.82, 2.24) is 0 Å². The molecule has 15 nitrogen and oxygen atoms in total. The Bertz CT molecular complexity index is 1960. The lowest BCUT2D eigenvalue weighted by Gasteiger charge is -2.51. The van der Waals surface area contributed by atoms with Crippen LogP contribution in [0.15, 0.2) is 65.8 Å². The first kappa shape index (κ1) is 53.9. The van der Waals surface area contributed by atoms with Crippen molar-refractivity contribution in [2.45, 2.75) is 201 Å². The zero-order chi connectivity index (χ0) is 49.8. The van der Waals surface area contributed by atoms with E-state index in [2.05, 4.69) is 100 Å². The average Bonchev–Trinajstić information content (AvgIpc) is 3.29. The number of carbonyl (C=O) groups is 2. The molecular formula is C52H79N3O12Si. The summed E-state index contributed by atoms with van der Waals surface area (Å²) < 4.78 is 66.4. The quantitative estimate of drug-likeness (QED) is 0.0548. The van der Waals surface area contributed by atoms with E-state index < -0.39 is 87.8 Å². The van der Waals surface area contributed by atoms with Gasteiger partial charge < -0.3 is 47.1 Å². The van der Waals surface area contributed by atoms with Gasteiger partial charge in [0, 0.05) is 36.5 Å². The molecular weight excluding hydrogens is 887 g/mol. The fourth-order valence-electron chi connectivity index (χ4n) is 11.0. The highest BCUT2D eigenvalue weighted by atomic mass is 28.4. The van der Waals surface area contributed by atoms with E-state index in [1.54, 1.807) is 0 Å². The molecule has 0 aromatic heterocycles. The Morgan fingerprint density at radius 3 is 1.59 bits per heavy atom. The SMILES string of the molecule is CCC1O[C@@H](O[C@@H]2C(C)O[C@H](C)C(C)[C@@H]2OC(C)=O)C(C)[C@@H](C)[C@@H]1O[C@H]1OC(C)[C@@H](O[C@@H]2OC(CO[Si](c3ccccc3)(c3ccccc3)C(C)(C)C)[C@@H](C)[C@H](C)C2N=[N+]=[N-])[C@@H](OC(C)=O)C1C. The summed E-state index contributed by atoms with van der Waals surface area (Å²) in [6.07, 6.45) is -6.84. The van der Waals surface area contributed by atoms with Crippen molar-refractivity contribution in [3.8, 4) is 0 Å². The standard InChI is InChI=1S/C52H79N3O12Si/c1-16-41-44(30(4)31(5)49(63-41)66-47-35(9)59-34(8)32(6)45(47)61-37(11)56)65-50-33(7)46(62-38(12)57)48(36(10)60-50)67-51-43(54-55-53)29(3)28(2)42(64-51)27-58-68(52(13,14)15,39-23-19-17-20-24-39)40-25-21-18-22-26-40/h17-26,28-36,41-51H,16,27H2,1-15H3/t28-,29-,30+,31?,32?,33?,34+,35?,36?,41?,42?,43?,44-,45-,46-,47+,48+,49-,50+,51-/m0/s1. The predicted molar refractivity (Wildman–Crippen MR) is 259 cm³/mol. The lowest BCUT2D eigenvalue weighted by atomic mass is 9.82. The molecule has 0 N–H and O–H groups in total. The molecule has 8 unspecified atom stereocenters. The van der Waals surface area contributed by atoms with Crippen LogP contribution < -0.4 is 10.4 Å². The molecule has 4 heterocycles. The number of carbonyl (C=O) groups excluding carboxylic acids is 2. The summed E-state index contributed by atoms with van der Waals surface area (Å²) in [6.45, 7) is 29.8. The first-order valence-electron chi connectivity index (χ1n) is 24.9. The van der Waals surface area contributed by atoms with Crippen LogP contribution in [0.25, 0.3) is 10.4 Å². The van der Waals surface area contributed by atoms with Crippen LogP contribution in [0.2, 0.25) is 5.04 Å². The van der Waals surface area contributed by atoms with Crippen LogP contribution in [0.4, 0.5) is 0 Å². The molecule has 0 radical (unpaired) electrons. The maximum atomic E-state index is 12.9. The first-order valence-corrected chi connectivity index (χ1v) is 26.8. The largest absolute Gasteiger partial charge is 0.459 e. The summed E-state index contributed by atoms with van der Waals surface area (Å²) in [4.78, 5) is 28.3. The summed E-state index contributed by atoms with van der Waals surface area (Å²) in [5.74, 6) is -1.90. The molecule has 68 heavy (non-hydrogen) atoms.